The SMILES string of the molecule is CC(C)Oc1ccc(-c2nc(-c3ccnc(CO)c3)no2)cc1C#N.CCC(=N)c1ccnc(COC)c1.COCc1cc(Br)ccn1.COCc1cc(C#N)ccn1.OCc1cc(Br)ccn1. The summed E-state index contributed by atoms with van der Waals surface area (Å²) in [6.45, 7) is 7.13. The lowest BCUT2D eigenvalue weighted by Gasteiger charge is -2.11. The molecule has 0 saturated heterocycles. The number of nitrogens with one attached hydrogen (secondary N) is 1. The first-order valence-electron chi connectivity index (χ1n) is 20.7. The molecule has 0 aliphatic heterocycles. The van der Waals surface area contributed by atoms with E-state index in [4.69, 9.17) is 44.4 Å². The second-order valence-electron chi connectivity index (χ2n) is 14.0. The number of rotatable bonds is 14. The number of aliphatic hydroxyl groups excluding tert-OH is 2. The number of ether oxygens (including phenoxy) is 4. The first kappa shape index (κ1) is 55.6. The summed E-state index contributed by atoms with van der Waals surface area (Å²) >= 11 is 6.59. The van der Waals surface area contributed by atoms with E-state index in [9.17, 15) is 5.26 Å². The molecule has 0 bridgehead atoms. The van der Waals surface area contributed by atoms with E-state index in [0.29, 0.717) is 76.6 Å². The zero-order valence-corrected chi connectivity index (χ0v) is 41.6. The van der Waals surface area contributed by atoms with E-state index >= 15 is 0 Å². The number of hydrogen-bond donors (Lipinski definition) is 3. The smallest absolute Gasteiger partial charge is 0.258 e. The molecule has 0 saturated carbocycles. The number of methoxy groups -OCH3 is 3. The molecule has 0 fully saturated rings. The van der Waals surface area contributed by atoms with Crippen LogP contribution in [-0.2, 0) is 47.2 Å². The van der Waals surface area contributed by atoms with Crippen LogP contribution in [0, 0.1) is 28.1 Å². The quantitative estimate of drug-likeness (QED) is 0.0858. The molecule has 6 heterocycles. The molecule has 68 heavy (non-hydrogen) atoms. The first-order chi connectivity index (χ1) is 32.9. The van der Waals surface area contributed by atoms with E-state index in [-0.39, 0.29) is 19.3 Å². The van der Waals surface area contributed by atoms with E-state index in [1.54, 1.807) is 101 Å². The number of hydrogen-bond acceptors (Lipinski definition) is 17. The van der Waals surface area contributed by atoms with Gasteiger partial charge in [0, 0.05) is 78.1 Å². The topological polar surface area (TPSA) is 252 Å². The van der Waals surface area contributed by atoms with Gasteiger partial charge in [0.1, 0.15) is 11.8 Å². The molecule has 7 rings (SSSR count). The molecule has 1 aromatic carbocycles. The Balaban J connectivity index is 0.000000242. The van der Waals surface area contributed by atoms with Crippen LogP contribution in [0.4, 0.5) is 0 Å². The van der Waals surface area contributed by atoms with Crippen LogP contribution < -0.4 is 4.74 Å². The van der Waals surface area contributed by atoms with Crippen molar-refractivity contribution >= 4 is 37.6 Å². The van der Waals surface area contributed by atoms with Gasteiger partial charge in [-0.25, -0.2) is 0 Å². The Kier molecular flexibility index (Phi) is 25.6. The third kappa shape index (κ3) is 20.0. The van der Waals surface area contributed by atoms with Gasteiger partial charge >= 0.3 is 0 Å². The van der Waals surface area contributed by atoms with Gasteiger partial charge in [0.15, 0.2) is 0 Å². The summed E-state index contributed by atoms with van der Waals surface area (Å²) < 4.78 is 27.6. The van der Waals surface area contributed by atoms with E-state index in [0.717, 1.165) is 38.0 Å². The Morgan fingerprint density at radius 2 is 1.19 bits per heavy atom. The highest BCUT2D eigenvalue weighted by Gasteiger charge is 2.14. The summed E-state index contributed by atoms with van der Waals surface area (Å²) in [7, 11) is 4.89. The van der Waals surface area contributed by atoms with Crippen molar-refractivity contribution in [1.82, 2.24) is 35.1 Å². The minimum absolute atomic E-state index is 0.000556. The Labute approximate surface area is 412 Å². The van der Waals surface area contributed by atoms with Crippen molar-refractivity contribution in [2.45, 2.75) is 66.3 Å². The highest BCUT2D eigenvalue weighted by atomic mass is 79.9. The third-order valence-electron chi connectivity index (χ3n) is 8.43. The third-order valence-corrected chi connectivity index (χ3v) is 9.42. The number of aromatic nitrogens is 7. The molecule has 0 radical (unpaired) electrons. The molecule has 6 aromatic heterocycles. The summed E-state index contributed by atoms with van der Waals surface area (Å²) in [5, 5.41) is 47.2. The van der Waals surface area contributed by atoms with Crippen LogP contribution in [0.15, 0.2) is 123 Å². The monoisotopic (exact) mass is 1050 g/mol. The van der Waals surface area contributed by atoms with E-state index in [1.165, 1.54) is 0 Å². The molecule has 0 unspecified atom stereocenters. The van der Waals surface area contributed by atoms with Crippen LogP contribution in [0.1, 0.15) is 72.4 Å². The summed E-state index contributed by atoms with van der Waals surface area (Å²) in [6.07, 6.45) is 9.01. The van der Waals surface area contributed by atoms with Gasteiger partial charge in [0.05, 0.1) is 84.8 Å². The van der Waals surface area contributed by atoms with Crippen molar-refractivity contribution in [3.63, 3.8) is 0 Å². The van der Waals surface area contributed by atoms with Crippen LogP contribution in [0.5, 0.6) is 5.75 Å². The van der Waals surface area contributed by atoms with Crippen molar-refractivity contribution in [3.8, 4) is 40.7 Å². The molecule has 3 N–H and O–H groups in total. The maximum Gasteiger partial charge on any atom is 0.258 e. The number of halogens is 2. The lowest BCUT2D eigenvalue weighted by Crippen LogP contribution is -2.06. The standard InChI is InChI=1S/C18H16N4O3.C10H14N2O.C8H8N2O.C7H8BrNO.C6H6BrNO/c1-11(2)24-16-4-3-13(7-14(16)9-19)18-21-17(22-25-18)12-5-6-20-15(8-12)10-23;1-3-10(11)8-4-5-12-9(6-8)7-13-2;1-11-6-8-4-7(5-9)2-3-10-8;1-10-5-7-4-6(8)2-3-9-7;7-5-1-2-8-6(3-5)4-9/h3-8,11,23H,10H2,1-2H3;4-6,11H,3,7H2,1-2H3;2-4H,6H2,1H3;2-4H,5H2,1H3;1-3,9H,4H2. The molecule has 0 amide bonds. The number of aliphatic hydroxyl groups is 2. The molecule has 354 valence electrons. The molecular formula is C49H52Br2N10O7. The predicted octanol–water partition coefficient (Wildman–Crippen LogP) is 9.38. The fraction of sp³-hybridized carbons (Fsp3) is 0.265. The van der Waals surface area contributed by atoms with Gasteiger partial charge in [-0.05, 0) is 105 Å². The van der Waals surface area contributed by atoms with E-state index in [2.05, 4.69) is 73.0 Å². The maximum atomic E-state index is 9.32. The normalized spacial score (nSPS) is 10.0. The van der Waals surface area contributed by atoms with Crippen molar-refractivity contribution < 1.29 is 33.7 Å². The highest BCUT2D eigenvalue weighted by Crippen LogP contribution is 2.28. The van der Waals surface area contributed by atoms with Crippen LogP contribution in [0.2, 0.25) is 0 Å². The highest BCUT2D eigenvalue weighted by molar-refractivity contribution is 9.10. The minimum Gasteiger partial charge on any atom is -0.490 e. The number of nitriles is 2. The predicted molar refractivity (Wildman–Crippen MR) is 262 cm³/mol. The Morgan fingerprint density at radius 3 is 1.72 bits per heavy atom. The zero-order chi connectivity index (χ0) is 49.7. The van der Waals surface area contributed by atoms with Crippen molar-refractivity contribution in [1.29, 1.82) is 15.9 Å². The summed E-state index contributed by atoms with van der Waals surface area (Å²) in [5.74, 6) is 1.20. The van der Waals surface area contributed by atoms with Gasteiger partial charge in [-0.1, -0.05) is 43.9 Å². The summed E-state index contributed by atoms with van der Waals surface area (Å²) in [6, 6.07) is 27.2. The average Bonchev–Trinajstić information content (AvgIpc) is 3.86. The van der Waals surface area contributed by atoms with Gasteiger partial charge in [0.2, 0.25) is 5.82 Å². The number of benzene rings is 1. The second-order valence-corrected chi connectivity index (χ2v) is 15.8. The molecule has 0 atom stereocenters. The second kappa shape index (κ2) is 31.3. The molecule has 0 aliphatic rings. The first-order valence-corrected chi connectivity index (χ1v) is 22.3. The van der Waals surface area contributed by atoms with Gasteiger partial charge in [-0.2, -0.15) is 15.5 Å². The van der Waals surface area contributed by atoms with Crippen LogP contribution in [0.25, 0.3) is 22.8 Å². The fourth-order valence-electron chi connectivity index (χ4n) is 5.35. The maximum absolute atomic E-state index is 9.32. The van der Waals surface area contributed by atoms with Crippen LogP contribution in [0.3, 0.4) is 0 Å². The lowest BCUT2D eigenvalue weighted by atomic mass is 10.1. The van der Waals surface area contributed by atoms with Crippen molar-refractivity contribution in [2.24, 2.45) is 0 Å². The summed E-state index contributed by atoms with van der Waals surface area (Å²) in [5.41, 5.74) is 7.71. The molecule has 0 spiro atoms. The van der Waals surface area contributed by atoms with Crippen LogP contribution >= 0.6 is 31.9 Å². The summed E-state index contributed by atoms with van der Waals surface area (Å²) in [4.78, 5) is 24.5. The Morgan fingerprint density at radius 1 is 0.662 bits per heavy atom. The number of pyridine rings is 5. The van der Waals surface area contributed by atoms with Crippen LogP contribution in [-0.4, -0.2) is 78.4 Å². The Bertz CT molecular complexity index is 2710. The van der Waals surface area contributed by atoms with Gasteiger partial charge < -0.3 is 39.1 Å². The molecule has 7 aromatic rings. The van der Waals surface area contributed by atoms with E-state index in [1.807, 2.05) is 57.2 Å². The largest absolute Gasteiger partial charge is 0.490 e. The fourth-order valence-corrected chi connectivity index (χ4v) is 6.12. The molecule has 17 nitrogen and oxygen atoms in total. The van der Waals surface area contributed by atoms with Gasteiger partial charge in [-0.15, -0.1) is 0 Å². The zero-order valence-electron chi connectivity index (χ0n) is 38.4. The number of nitrogens with zero attached hydrogens (tertiary/aromatic N) is 9. The van der Waals surface area contributed by atoms with E-state index < -0.39 is 0 Å². The van der Waals surface area contributed by atoms with Crippen molar-refractivity contribution in [2.75, 3.05) is 21.3 Å². The molecule has 19 heteroatoms. The Hall–Kier alpha value is -6.68. The lowest BCUT2D eigenvalue weighted by molar-refractivity contribution is 0.181. The molecular weight excluding hydrogens is 1000 g/mol. The minimum atomic E-state index is -0.165. The van der Waals surface area contributed by atoms with Crippen molar-refractivity contribution in [3.05, 3.63) is 164 Å². The van der Waals surface area contributed by atoms with Gasteiger partial charge in [0.25, 0.3) is 5.89 Å². The molecule has 0 aliphatic carbocycles. The average molecular weight is 1050 g/mol. The van der Waals surface area contributed by atoms with Gasteiger partial charge in [-0.3, -0.25) is 24.9 Å².